The second-order valence-electron chi connectivity index (χ2n) is 5.77. The van der Waals surface area contributed by atoms with E-state index in [-0.39, 0.29) is 0 Å². The molecule has 1 fully saturated rings. The second-order valence-corrected chi connectivity index (χ2v) is 5.77. The van der Waals surface area contributed by atoms with Crippen LogP contribution in [0.3, 0.4) is 0 Å². The van der Waals surface area contributed by atoms with E-state index in [0.717, 1.165) is 26.1 Å². The number of likely N-dealkylation sites (tertiary alicyclic amines) is 1. The van der Waals surface area contributed by atoms with Gasteiger partial charge < -0.3 is 20.6 Å². The summed E-state index contributed by atoms with van der Waals surface area (Å²) >= 11 is 0. The van der Waals surface area contributed by atoms with Gasteiger partial charge in [-0.1, -0.05) is 6.92 Å². The van der Waals surface area contributed by atoms with Gasteiger partial charge in [0.05, 0.1) is 0 Å². The summed E-state index contributed by atoms with van der Waals surface area (Å²) in [5.41, 5.74) is 4.83. The Balaban J connectivity index is 2.15. The third-order valence-corrected chi connectivity index (χ3v) is 4.22. The van der Waals surface area contributed by atoms with E-state index in [2.05, 4.69) is 16.8 Å². The minimum atomic E-state index is -1.05. The van der Waals surface area contributed by atoms with Crippen molar-refractivity contribution in [3.05, 3.63) is 0 Å². The first kappa shape index (κ1) is 16.4. The number of carboxylic acids is 1. The highest BCUT2D eigenvalue weighted by Gasteiger charge is 2.31. The van der Waals surface area contributed by atoms with Crippen LogP contribution in [0.25, 0.3) is 0 Å². The summed E-state index contributed by atoms with van der Waals surface area (Å²) in [6.45, 7) is 7.39. The van der Waals surface area contributed by atoms with E-state index in [1.54, 1.807) is 0 Å². The lowest BCUT2D eigenvalue weighted by Gasteiger charge is -2.25. The summed E-state index contributed by atoms with van der Waals surface area (Å²) in [6.07, 6.45) is 4.53. The molecule has 0 aromatic heterocycles. The number of likely N-dealkylation sites (N-methyl/N-ethyl adjacent to an activating group) is 1. The monoisotopic (exact) mass is 271 g/mol. The van der Waals surface area contributed by atoms with Crippen LogP contribution >= 0.6 is 0 Å². The van der Waals surface area contributed by atoms with Crippen molar-refractivity contribution in [2.75, 3.05) is 39.8 Å². The average Bonchev–Trinajstić information content (AvgIpc) is 2.89. The molecule has 0 spiro atoms. The Hall–Kier alpha value is -0.650. The molecule has 0 amide bonds. The third kappa shape index (κ3) is 5.47. The van der Waals surface area contributed by atoms with E-state index in [1.807, 2.05) is 6.92 Å². The normalized spacial score (nSPS) is 19.8. The van der Waals surface area contributed by atoms with Crippen molar-refractivity contribution in [3.8, 4) is 0 Å². The van der Waals surface area contributed by atoms with Crippen LogP contribution in [0, 0.1) is 0 Å². The Bertz CT molecular complexity index is 280. The first-order valence-corrected chi connectivity index (χ1v) is 7.41. The van der Waals surface area contributed by atoms with Gasteiger partial charge in [-0.05, 0) is 58.8 Å². The standard InChI is InChI=1S/C14H29N3O2/c1-3-14(15,13(18)19)7-6-8-16(2)11-12-17-9-4-5-10-17/h3-12,15H2,1-2H3,(H,18,19). The quantitative estimate of drug-likeness (QED) is 0.654. The molecule has 0 aromatic rings. The van der Waals surface area contributed by atoms with Gasteiger partial charge in [0.1, 0.15) is 5.54 Å². The predicted octanol–water partition coefficient (Wildman–Crippen LogP) is 0.986. The van der Waals surface area contributed by atoms with Crippen molar-refractivity contribution >= 4 is 5.97 Å². The zero-order valence-corrected chi connectivity index (χ0v) is 12.4. The van der Waals surface area contributed by atoms with Gasteiger partial charge in [-0.15, -0.1) is 0 Å². The van der Waals surface area contributed by atoms with Gasteiger partial charge in [0, 0.05) is 13.1 Å². The van der Waals surface area contributed by atoms with Crippen LogP contribution in [0.2, 0.25) is 0 Å². The van der Waals surface area contributed by atoms with Gasteiger partial charge in [-0.3, -0.25) is 4.79 Å². The molecule has 0 aromatic carbocycles. The third-order valence-electron chi connectivity index (χ3n) is 4.22. The van der Waals surface area contributed by atoms with E-state index >= 15 is 0 Å². The molecule has 5 heteroatoms. The maximum absolute atomic E-state index is 11.1. The Morgan fingerprint density at radius 1 is 1.37 bits per heavy atom. The molecule has 1 saturated heterocycles. The van der Waals surface area contributed by atoms with Crippen molar-refractivity contribution in [1.82, 2.24) is 9.80 Å². The lowest BCUT2D eigenvalue weighted by molar-refractivity contribution is -0.143. The van der Waals surface area contributed by atoms with Crippen molar-refractivity contribution < 1.29 is 9.90 Å². The second kappa shape index (κ2) is 7.82. The Morgan fingerprint density at radius 3 is 2.53 bits per heavy atom. The molecule has 112 valence electrons. The van der Waals surface area contributed by atoms with Crippen LogP contribution in [0.5, 0.6) is 0 Å². The molecule has 0 saturated carbocycles. The largest absolute Gasteiger partial charge is 0.480 e. The van der Waals surface area contributed by atoms with Gasteiger partial charge in [-0.25, -0.2) is 0 Å². The summed E-state index contributed by atoms with van der Waals surface area (Å²) in [7, 11) is 2.10. The van der Waals surface area contributed by atoms with E-state index < -0.39 is 11.5 Å². The van der Waals surface area contributed by atoms with E-state index in [4.69, 9.17) is 10.8 Å². The van der Waals surface area contributed by atoms with Gasteiger partial charge in [0.2, 0.25) is 0 Å². The van der Waals surface area contributed by atoms with Crippen molar-refractivity contribution in [2.45, 2.75) is 44.6 Å². The Labute approximate surface area is 116 Å². The number of nitrogens with zero attached hydrogens (tertiary/aromatic N) is 2. The van der Waals surface area contributed by atoms with Crippen LogP contribution < -0.4 is 5.73 Å². The van der Waals surface area contributed by atoms with Crippen LogP contribution in [0.4, 0.5) is 0 Å². The van der Waals surface area contributed by atoms with Crippen molar-refractivity contribution in [3.63, 3.8) is 0 Å². The first-order chi connectivity index (χ1) is 8.98. The molecule has 5 nitrogen and oxygen atoms in total. The maximum Gasteiger partial charge on any atom is 0.323 e. The van der Waals surface area contributed by atoms with Crippen LogP contribution in [0.15, 0.2) is 0 Å². The molecule has 1 aliphatic heterocycles. The van der Waals surface area contributed by atoms with Gasteiger partial charge in [0.25, 0.3) is 0 Å². The molecule has 3 N–H and O–H groups in total. The van der Waals surface area contributed by atoms with Crippen LogP contribution in [-0.4, -0.2) is 66.2 Å². The summed E-state index contributed by atoms with van der Waals surface area (Å²) in [5, 5.41) is 9.10. The molecule has 1 rings (SSSR count). The fraction of sp³-hybridized carbons (Fsp3) is 0.929. The zero-order chi connectivity index (χ0) is 14.3. The lowest BCUT2D eigenvalue weighted by atomic mass is 9.92. The maximum atomic E-state index is 11.1. The van der Waals surface area contributed by atoms with E-state index in [0.29, 0.717) is 12.8 Å². The summed E-state index contributed by atoms with van der Waals surface area (Å²) < 4.78 is 0. The molecule has 19 heavy (non-hydrogen) atoms. The highest BCUT2D eigenvalue weighted by Crippen LogP contribution is 2.14. The molecule has 0 aliphatic carbocycles. The zero-order valence-electron chi connectivity index (χ0n) is 12.4. The Morgan fingerprint density at radius 2 is 2.00 bits per heavy atom. The molecule has 1 atom stereocenters. The van der Waals surface area contributed by atoms with Crippen molar-refractivity contribution in [1.29, 1.82) is 0 Å². The average molecular weight is 271 g/mol. The molecule has 1 unspecified atom stereocenters. The number of rotatable bonds is 9. The molecule has 0 radical (unpaired) electrons. The van der Waals surface area contributed by atoms with Gasteiger partial charge in [0.15, 0.2) is 0 Å². The van der Waals surface area contributed by atoms with Gasteiger partial charge >= 0.3 is 5.97 Å². The van der Waals surface area contributed by atoms with E-state index in [9.17, 15) is 4.79 Å². The number of carboxylic acid groups (broad SMARTS) is 1. The fourth-order valence-corrected chi connectivity index (χ4v) is 2.53. The summed E-state index contributed by atoms with van der Waals surface area (Å²) in [5.74, 6) is -0.880. The topological polar surface area (TPSA) is 69.8 Å². The van der Waals surface area contributed by atoms with Crippen molar-refractivity contribution in [2.24, 2.45) is 5.73 Å². The number of carbonyl (C=O) groups is 1. The number of aliphatic carboxylic acids is 1. The number of nitrogens with two attached hydrogens (primary N) is 1. The predicted molar refractivity (Wildman–Crippen MR) is 77.3 cm³/mol. The fourth-order valence-electron chi connectivity index (χ4n) is 2.53. The minimum Gasteiger partial charge on any atom is -0.480 e. The molecule has 1 aliphatic rings. The molecular formula is C14H29N3O2. The highest BCUT2D eigenvalue weighted by atomic mass is 16.4. The minimum absolute atomic E-state index is 0.486. The van der Waals surface area contributed by atoms with Gasteiger partial charge in [-0.2, -0.15) is 0 Å². The van der Waals surface area contributed by atoms with Crippen LogP contribution in [-0.2, 0) is 4.79 Å². The summed E-state index contributed by atoms with van der Waals surface area (Å²) in [4.78, 5) is 15.8. The SMILES string of the molecule is CCC(N)(CCCN(C)CCN1CCCC1)C(=O)O. The smallest absolute Gasteiger partial charge is 0.323 e. The number of hydrogen-bond acceptors (Lipinski definition) is 4. The summed E-state index contributed by atoms with van der Waals surface area (Å²) in [6, 6.07) is 0. The molecular weight excluding hydrogens is 242 g/mol. The molecule has 0 bridgehead atoms. The molecule has 1 heterocycles. The van der Waals surface area contributed by atoms with E-state index in [1.165, 1.54) is 25.9 Å². The first-order valence-electron chi connectivity index (χ1n) is 7.41. The highest BCUT2D eigenvalue weighted by molar-refractivity contribution is 5.78. The van der Waals surface area contributed by atoms with Crippen LogP contribution in [0.1, 0.15) is 39.0 Å². The number of hydrogen-bond donors (Lipinski definition) is 2. The Kier molecular flexibility index (Phi) is 6.75. The lowest BCUT2D eigenvalue weighted by Crippen LogP contribution is -2.47.